The molecule has 1 rings (SSSR count). The minimum Gasteiger partial charge on any atom is -0.481 e. The molecule has 2 amide bonds. The molecule has 0 aliphatic carbocycles. The second-order valence-corrected chi connectivity index (χ2v) is 5.11. The van der Waals surface area contributed by atoms with Crippen LogP contribution in [-0.4, -0.2) is 34.6 Å². The maximum Gasteiger partial charge on any atom is 0.322 e. The molecule has 7 heteroatoms. The smallest absolute Gasteiger partial charge is 0.322 e. The lowest BCUT2D eigenvalue weighted by atomic mass is 10.2. The number of benzene rings is 1. The lowest BCUT2D eigenvalue weighted by Gasteiger charge is -2.27. The molecule has 1 atom stereocenters. The summed E-state index contributed by atoms with van der Waals surface area (Å²) in [5, 5.41) is 11.2. The van der Waals surface area contributed by atoms with Crippen LogP contribution in [0.5, 0.6) is 0 Å². The summed E-state index contributed by atoms with van der Waals surface area (Å²) in [6.07, 6.45) is -0.167. The van der Waals surface area contributed by atoms with Crippen LogP contribution in [0.3, 0.4) is 0 Å². The van der Waals surface area contributed by atoms with Crippen LogP contribution in [0, 0.1) is 5.82 Å². The van der Waals surface area contributed by atoms with Gasteiger partial charge >= 0.3 is 12.0 Å². The van der Waals surface area contributed by atoms with E-state index < -0.39 is 23.9 Å². The Labute approximate surface area is 124 Å². The van der Waals surface area contributed by atoms with Gasteiger partial charge < -0.3 is 15.3 Å². The molecule has 0 aliphatic heterocycles. The zero-order chi connectivity index (χ0) is 15.3. The first-order chi connectivity index (χ1) is 9.36. The molecule has 1 aromatic rings. The van der Waals surface area contributed by atoms with E-state index in [1.54, 1.807) is 19.9 Å². The average Bonchev–Trinajstić information content (AvgIpc) is 2.34. The van der Waals surface area contributed by atoms with Crippen molar-refractivity contribution >= 4 is 33.6 Å². The van der Waals surface area contributed by atoms with E-state index in [2.05, 4.69) is 21.2 Å². The normalized spacial score (nSPS) is 11.8. The first kappa shape index (κ1) is 16.4. The SMILES string of the molecule is CCN(C(=O)Nc1c(F)cccc1Br)C(C)CC(=O)O. The van der Waals surface area contributed by atoms with E-state index in [9.17, 15) is 14.0 Å². The van der Waals surface area contributed by atoms with E-state index in [1.165, 1.54) is 17.0 Å². The standard InChI is InChI=1S/C13H16BrFN2O3/c1-3-17(8(2)7-11(18)19)13(20)16-12-9(14)5-4-6-10(12)15/h4-6,8H,3,7H2,1-2H3,(H,16,20)(H,18,19). The fourth-order valence-corrected chi connectivity index (χ4v) is 2.26. The van der Waals surface area contributed by atoms with Crippen molar-refractivity contribution in [3.8, 4) is 0 Å². The summed E-state index contributed by atoms with van der Waals surface area (Å²) in [6.45, 7) is 3.69. The van der Waals surface area contributed by atoms with Gasteiger partial charge in [0.25, 0.3) is 0 Å². The Bertz CT molecular complexity index is 490. The highest BCUT2D eigenvalue weighted by Crippen LogP contribution is 2.25. The minimum absolute atomic E-state index is 0.0403. The Kier molecular flexibility index (Phi) is 5.94. The average molecular weight is 347 g/mol. The highest BCUT2D eigenvalue weighted by atomic mass is 79.9. The number of hydrogen-bond donors (Lipinski definition) is 2. The molecule has 1 aromatic carbocycles. The van der Waals surface area contributed by atoms with Gasteiger partial charge in [-0.25, -0.2) is 9.18 Å². The molecule has 0 fully saturated rings. The summed E-state index contributed by atoms with van der Waals surface area (Å²) in [7, 11) is 0. The monoisotopic (exact) mass is 346 g/mol. The number of carbonyl (C=O) groups is 2. The van der Waals surface area contributed by atoms with Crippen molar-refractivity contribution in [2.24, 2.45) is 0 Å². The third-order valence-electron chi connectivity index (χ3n) is 2.80. The van der Waals surface area contributed by atoms with Crippen molar-refractivity contribution < 1.29 is 19.1 Å². The van der Waals surface area contributed by atoms with Gasteiger partial charge in [-0.3, -0.25) is 4.79 Å². The van der Waals surface area contributed by atoms with Crippen LogP contribution in [0.2, 0.25) is 0 Å². The highest BCUT2D eigenvalue weighted by Gasteiger charge is 2.22. The Hall–Kier alpha value is -1.63. The third-order valence-corrected chi connectivity index (χ3v) is 3.46. The van der Waals surface area contributed by atoms with Crippen molar-refractivity contribution in [1.29, 1.82) is 0 Å². The lowest BCUT2D eigenvalue weighted by Crippen LogP contribution is -2.42. The van der Waals surface area contributed by atoms with Gasteiger partial charge in [-0.05, 0) is 41.9 Å². The van der Waals surface area contributed by atoms with E-state index in [-0.39, 0.29) is 12.1 Å². The van der Waals surface area contributed by atoms with Gasteiger partial charge in [0.2, 0.25) is 0 Å². The summed E-state index contributed by atoms with van der Waals surface area (Å²) in [5.41, 5.74) is 0.0403. The first-order valence-electron chi connectivity index (χ1n) is 6.10. The van der Waals surface area contributed by atoms with E-state index in [0.29, 0.717) is 11.0 Å². The number of halogens is 2. The van der Waals surface area contributed by atoms with E-state index in [4.69, 9.17) is 5.11 Å². The number of urea groups is 1. The summed E-state index contributed by atoms with van der Waals surface area (Å²) in [5.74, 6) is -1.55. The van der Waals surface area contributed by atoms with Gasteiger partial charge in [0.1, 0.15) is 5.82 Å². The number of aliphatic carboxylic acids is 1. The van der Waals surface area contributed by atoms with Crippen molar-refractivity contribution in [1.82, 2.24) is 4.90 Å². The Morgan fingerprint density at radius 2 is 2.15 bits per heavy atom. The molecular formula is C13H16BrFN2O3. The fourth-order valence-electron chi connectivity index (χ4n) is 1.81. The molecule has 0 aromatic heterocycles. The van der Waals surface area contributed by atoms with E-state index in [1.807, 2.05) is 0 Å². The second-order valence-electron chi connectivity index (χ2n) is 4.26. The quantitative estimate of drug-likeness (QED) is 0.859. The molecule has 0 heterocycles. The molecule has 0 aliphatic rings. The topological polar surface area (TPSA) is 69.6 Å². The van der Waals surface area contributed by atoms with E-state index in [0.717, 1.165) is 0 Å². The fraction of sp³-hybridized carbons (Fsp3) is 0.385. The van der Waals surface area contributed by atoms with Crippen molar-refractivity contribution in [3.63, 3.8) is 0 Å². The number of nitrogens with zero attached hydrogens (tertiary/aromatic N) is 1. The van der Waals surface area contributed by atoms with Crippen LogP contribution < -0.4 is 5.32 Å². The number of para-hydroxylation sites is 1. The lowest BCUT2D eigenvalue weighted by molar-refractivity contribution is -0.137. The zero-order valence-corrected chi connectivity index (χ0v) is 12.8. The number of anilines is 1. The maximum absolute atomic E-state index is 13.6. The molecule has 1 unspecified atom stereocenters. The number of hydrogen-bond acceptors (Lipinski definition) is 2. The number of rotatable bonds is 5. The van der Waals surface area contributed by atoms with Crippen molar-refractivity contribution in [3.05, 3.63) is 28.5 Å². The third kappa shape index (κ3) is 4.19. The van der Waals surface area contributed by atoms with Gasteiger partial charge in [0.15, 0.2) is 0 Å². The molecule has 2 N–H and O–H groups in total. The Morgan fingerprint density at radius 3 is 2.65 bits per heavy atom. The maximum atomic E-state index is 13.6. The van der Waals surface area contributed by atoms with Gasteiger partial charge in [0.05, 0.1) is 12.1 Å². The van der Waals surface area contributed by atoms with Gasteiger partial charge in [0, 0.05) is 17.1 Å². The second kappa shape index (κ2) is 7.23. The summed E-state index contributed by atoms with van der Waals surface area (Å²) in [6, 6.07) is 3.34. The molecule has 5 nitrogen and oxygen atoms in total. The predicted molar refractivity (Wildman–Crippen MR) is 77.2 cm³/mol. The molecule has 0 saturated carbocycles. The van der Waals surface area contributed by atoms with Crippen LogP contribution in [0.1, 0.15) is 20.3 Å². The zero-order valence-electron chi connectivity index (χ0n) is 11.2. The molecule has 110 valence electrons. The molecule has 20 heavy (non-hydrogen) atoms. The van der Waals surface area contributed by atoms with E-state index >= 15 is 0 Å². The Morgan fingerprint density at radius 1 is 1.50 bits per heavy atom. The van der Waals surface area contributed by atoms with Gasteiger partial charge in [-0.2, -0.15) is 0 Å². The highest BCUT2D eigenvalue weighted by molar-refractivity contribution is 9.10. The molecule has 0 spiro atoms. The van der Waals surface area contributed by atoms with Crippen LogP contribution in [-0.2, 0) is 4.79 Å². The van der Waals surface area contributed by atoms with Crippen molar-refractivity contribution in [2.45, 2.75) is 26.3 Å². The number of nitrogens with one attached hydrogen (secondary N) is 1. The van der Waals surface area contributed by atoms with Gasteiger partial charge in [-0.15, -0.1) is 0 Å². The number of carbonyl (C=O) groups excluding carboxylic acids is 1. The number of carboxylic acid groups (broad SMARTS) is 1. The van der Waals surface area contributed by atoms with Crippen LogP contribution in [0.4, 0.5) is 14.9 Å². The summed E-state index contributed by atoms with van der Waals surface area (Å²) in [4.78, 5) is 24.1. The number of amides is 2. The van der Waals surface area contributed by atoms with Gasteiger partial charge in [-0.1, -0.05) is 6.07 Å². The summed E-state index contributed by atoms with van der Waals surface area (Å²) < 4.78 is 14.1. The van der Waals surface area contributed by atoms with Crippen LogP contribution in [0.15, 0.2) is 22.7 Å². The largest absolute Gasteiger partial charge is 0.481 e. The predicted octanol–water partition coefficient (Wildman–Crippen LogP) is 3.31. The summed E-state index contributed by atoms with van der Waals surface area (Å²) >= 11 is 3.16. The molecule has 0 bridgehead atoms. The number of carboxylic acids is 1. The minimum atomic E-state index is -0.990. The van der Waals surface area contributed by atoms with Crippen LogP contribution in [0.25, 0.3) is 0 Å². The molecular weight excluding hydrogens is 331 g/mol. The molecule has 0 saturated heterocycles. The van der Waals surface area contributed by atoms with Crippen LogP contribution >= 0.6 is 15.9 Å². The Balaban J connectivity index is 2.85. The molecule has 0 radical (unpaired) electrons. The van der Waals surface area contributed by atoms with Crippen molar-refractivity contribution in [2.75, 3.05) is 11.9 Å². The first-order valence-corrected chi connectivity index (χ1v) is 6.89.